The monoisotopic (exact) mass is 128 g/mol. The highest BCUT2D eigenvalue weighted by molar-refractivity contribution is 5.88. The predicted molar refractivity (Wildman–Crippen MR) is 36.5 cm³/mol. The molecule has 52 valence electrons. The highest BCUT2D eigenvalue weighted by Crippen LogP contribution is 2.16. The Morgan fingerprint density at radius 2 is 2.44 bits per heavy atom. The molecule has 2 N–H and O–H groups in total. The molecule has 1 heterocycles. The summed E-state index contributed by atoms with van der Waals surface area (Å²) in [5, 5.41) is 0. The van der Waals surface area contributed by atoms with Crippen LogP contribution in [-0.2, 0) is 4.74 Å². The minimum atomic E-state index is -0.325. The molecule has 0 atom stereocenters. The molecule has 1 rings (SSSR count). The summed E-state index contributed by atoms with van der Waals surface area (Å²) in [5.74, 6) is 0. The Kier molecular flexibility index (Phi) is 1.55. The van der Waals surface area contributed by atoms with Gasteiger partial charge in [-0.3, -0.25) is 4.99 Å². The Labute approximate surface area is 54.9 Å². The van der Waals surface area contributed by atoms with Crippen molar-refractivity contribution in [1.29, 1.82) is 0 Å². The summed E-state index contributed by atoms with van der Waals surface area (Å²) in [6.07, 6.45) is 0. The lowest BCUT2D eigenvalue weighted by atomic mass is 10.3. The summed E-state index contributed by atoms with van der Waals surface area (Å²) < 4.78 is 5.26. The molecule has 3 nitrogen and oxygen atoms in total. The minimum absolute atomic E-state index is 0.325. The molecule has 1 aliphatic rings. The number of aliphatic imine (C=N–C) groups is 1. The van der Waals surface area contributed by atoms with Crippen molar-refractivity contribution in [3.8, 4) is 0 Å². The summed E-state index contributed by atoms with van der Waals surface area (Å²) in [4.78, 5) is 4.21. The summed E-state index contributed by atoms with van der Waals surface area (Å²) in [6.45, 7) is 4.97. The van der Waals surface area contributed by atoms with Gasteiger partial charge in [-0.2, -0.15) is 0 Å². The first-order valence-electron chi connectivity index (χ1n) is 3.06. The van der Waals surface area contributed by atoms with Gasteiger partial charge in [0.2, 0.25) is 0 Å². The Bertz CT molecular complexity index is 140. The lowest BCUT2D eigenvalue weighted by Crippen LogP contribution is -2.15. The Morgan fingerprint density at radius 1 is 1.78 bits per heavy atom. The molecule has 0 bridgehead atoms. The Hall–Kier alpha value is -0.410. The summed E-state index contributed by atoms with van der Waals surface area (Å²) >= 11 is 0. The molecular weight excluding hydrogens is 116 g/mol. The van der Waals surface area contributed by atoms with Crippen molar-refractivity contribution in [3.05, 3.63) is 0 Å². The van der Waals surface area contributed by atoms with Crippen molar-refractivity contribution in [3.63, 3.8) is 0 Å². The highest BCUT2D eigenvalue weighted by atomic mass is 16.5. The van der Waals surface area contributed by atoms with Crippen LogP contribution in [0.3, 0.4) is 0 Å². The smallest absolute Gasteiger partial charge is 0.154 e. The van der Waals surface area contributed by atoms with Crippen LogP contribution in [0.4, 0.5) is 0 Å². The zero-order valence-electron chi connectivity index (χ0n) is 5.85. The van der Waals surface area contributed by atoms with E-state index in [4.69, 9.17) is 10.5 Å². The van der Waals surface area contributed by atoms with E-state index in [0.29, 0.717) is 13.2 Å². The molecule has 0 fully saturated rings. The largest absolute Gasteiger partial charge is 0.348 e. The third-order valence-corrected chi connectivity index (χ3v) is 1.25. The van der Waals surface area contributed by atoms with Crippen molar-refractivity contribution in [2.24, 2.45) is 10.7 Å². The van der Waals surface area contributed by atoms with Crippen LogP contribution in [0.25, 0.3) is 0 Å². The van der Waals surface area contributed by atoms with Crippen molar-refractivity contribution in [2.45, 2.75) is 19.6 Å². The Balaban J connectivity index is 2.61. The Morgan fingerprint density at radius 3 is 2.67 bits per heavy atom. The molecule has 0 radical (unpaired) electrons. The number of ether oxygens (including phenoxy) is 1. The quantitative estimate of drug-likeness (QED) is 0.546. The van der Waals surface area contributed by atoms with Gasteiger partial charge in [-0.05, 0) is 13.8 Å². The van der Waals surface area contributed by atoms with Gasteiger partial charge in [0, 0.05) is 6.54 Å². The summed E-state index contributed by atoms with van der Waals surface area (Å²) in [6, 6.07) is 0. The van der Waals surface area contributed by atoms with Gasteiger partial charge in [0.15, 0.2) is 5.72 Å². The normalized spacial score (nSPS) is 24.1. The fraction of sp³-hybridized carbons (Fsp3) is 0.833. The number of rotatable bonds is 1. The molecule has 0 aromatic carbocycles. The maximum absolute atomic E-state index is 5.34. The molecule has 0 saturated carbocycles. The lowest BCUT2D eigenvalue weighted by Gasteiger charge is -2.11. The summed E-state index contributed by atoms with van der Waals surface area (Å²) in [5.41, 5.74) is 5.98. The van der Waals surface area contributed by atoms with Gasteiger partial charge in [-0.25, -0.2) is 0 Å². The first kappa shape index (κ1) is 6.71. The second-order valence-electron chi connectivity index (χ2n) is 2.62. The molecule has 0 aromatic heterocycles. The second-order valence-corrected chi connectivity index (χ2v) is 2.62. The number of hydrogen-bond donors (Lipinski definition) is 1. The predicted octanol–water partition coefficient (Wildman–Crippen LogP) is 0.152. The highest BCUT2D eigenvalue weighted by Gasteiger charge is 2.23. The fourth-order valence-corrected chi connectivity index (χ4v) is 0.810. The number of nitrogens with zero attached hydrogens (tertiary/aromatic N) is 1. The van der Waals surface area contributed by atoms with Crippen LogP contribution in [0, 0.1) is 0 Å². The van der Waals surface area contributed by atoms with E-state index in [1.165, 1.54) is 0 Å². The zero-order chi connectivity index (χ0) is 6.91. The molecule has 1 aliphatic heterocycles. The van der Waals surface area contributed by atoms with Crippen LogP contribution in [0.5, 0.6) is 0 Å². The van der Waals surface area contributed by atoms with Crippen molar-refractivity contribution < 1.29 is 4.74 Å². The standard InChI is InChI=1S/C6H12N2O/c1-6(2)8-5(3-7)4-9-6/h3-4,7H2,1-2H3. The third kappa shape index (κ3) is 1.50. The average Bonchev–Trinajstić information content (AvgIpc) is 2.10. The van der Waals surface area contributed by atoms with E-state index in [1.54, 1.807) is 0 Å². The van der Waals surface area contributed by atoms with E-state index in [-0.39, 0.29) is 5.72 Å². The van der Waals surface area contributed by atoms with E-state index < -0.39 is 0 Å². The van der Waals surface area contributed by atoms with E-state index in [2.05, 4.69) is 4.99 Å². The lowest BCUT2D eigenvalue weighted by molar-refractivity contribution is 0.0326. The first-order chi connectivity index (χ1) is 4.14. The number of nitrogens with two attached hydrogens (primary N) is 1. The third-order valence-electron chi connectivity index (χ3n) is 1.25. The van der Waals surface area contributed by atoms with Crippen molar-refractivity contribution in [1.82, 2.24) is 0 Å². The minimum Gasteiger partial charge on any atom is -0.348 e. The van der Waals surface area contributed by atoms with Gasteiger partial charge in [-0.15, -0.1) is 0 Å². The van der Waals surface area contributed by atoms with Gasteiger partial charge in [-0.1, -0.05) is 0 Å². The van der Waals surface area contributed by atoms with E-state index in [1.807, 2.05) is 13.8 Å². The van der Waals surface area contributed by atoms with Crippen LogP contribution in [-0.4, -0.2) is 24.6 Å². The van der Waals surface area contributed by atoms with Crippen LogP contribution in [0.2, 0.25) is 0 Å². The molecule has 9 heavy (non-hydrogen) atoms. The molecule has 0 aliphatic carbocycles. The average molecular weight is 128 g/mol. The van der Waals surface area contributed by atoms with Gasteiger partial charge in [0.25, 0.3) is 0 Å². The SMILES string of the molecule is CC1(C)N=C(CN)CO1. The molecule has 0 aromatic rings. The van der Waals surface area contributed by atoms with E-state index >= 15 is 0 Å². The van der Waals surface area contributed by atoms with Crippen LogP contribution < -0.4 is 5.73 Å². The van der Waals surface area contributed by atoms with Gasteiger partial charge in [0.05, 0.1) is 12.3 Å². The molecule has 3 heteroatoms. The molecule has 0 saturated heterocycles. The second kappa shape index (κ2) is 2.08. The topological polar surface area (TPSA) is 47.6 Å². The number of hydrogen-bond acceptors (Lipinski definition) is 3. The van der Waals surface area contributed by atoms with Crippen LogP contribution >= 0.6 is 0 Å². The van der Waals surface area contributed by atoms with E-state index in [0.717, 1.165) is 5.71 Å². The van der Waals surface area contributed by atoms with Crippen LogP contribution in [0.1, 0.15) is 13.8 Å². The summed E-state index contributed by atoms with van der Waals surface area (Å²) in [7, 11) is 0. The maximum atomic E-state index is 5.34. The molecule has 0 amide bonds. The van der Waals surface area contributed by atoms with Crippen molar-refractivity contribution in [2.75, 3.05) is 13.2 Å². The van der Waals surface area contributed by atoms with Crippen LogP contribution in [0.15, 0.2) is 4.99 Å². The molecular formula is C6H12N2O. The van der Waals surface area contributed by atoms with Crippen molar-refractivity contribution >= 4 is 5.71 Å². The first-order valence-corrected chi connectivity index (χ1v) is 3.06. The van der Waals surface area contributed by atoms with E-state index in [9.17, 15) is 0 Å². The van der Waals surface area contributed by atoms with Gasteiger partial charge in [0.1, 0.15) is 0 Å². The molecule has 0 unspecified atom stereocenters. The van der Waals surface area contributed by atoms with Gasteiger partial charge < -0.3 is 10.5 Å². The molecule has 0 spiro atoms. The van der Waals surface area contributed by atoms with Gasteiger partial charge >= 0.3 is 0 Å². The fourth-order valence-electron chi connectivity index (χ4n) is 0.810. The maximum Gasteiger partial charge on any atom is 0.154 e. The zero-order valence-corrected chi connectivity index (χ0v) is 5.85.